The van der Waals surface area contributed by atoms with Gasteiger partial charge in [-0.1, -0.05) is 0 Å². The molecule has 560 valence electrons. The summed E-state index contributed by atoms with van der Waals surface area (Å²) in [6.45, 7) is -2.76. The topological polar surface area (TPSA) is 659 Å². The lowest BCUT2D eigenvalue weighted by atomic mass is 10.2. The number of fused-ring (bicyclic) bond motifs is 2. The van der Waals surface area contributed by atoms with Crippen molar-refractivity contribution in [2.75, 3.05) is 122 Å². The van der Waals surface area contributed by atoms with Crippen molar-refractivity contribution in [1.82, 2.24) is 58.1 Å². The van der Waals surface area contributed by atoms with E-state index in [9.17, 15) is 72.3 Å². The minimum Gasteiger partial charge on any atom is -0.394 e. The lowest BCUT2D eigenvalue weighted by Gasteiger charge is -2.29. The van der Waals surface area contributed by atoms with Crippen LogP contribution < -0.4 is 45.4 Å². The monoisotopic (exact) mass is 1520 g/mol. The van der Waals surface area contributed by atoms with E-state index in [4.69, 9.17) is 97.2 Å². The minimum absolute atomic E-state index is 0.00679. The number of phosphoric ester groups is 3. The van der Waals surface area contributed by atoms with Gasteiger partial charge in [-0.2, -0.15) is 19.9 Å². The highest BCUT2D eigenvalue weighted by molar-refractivity contribution is 7.53. The maximum atomic E-state index is 13.7. The van der Waals surface area contributed by atoms with Crippen LogP contribution in [0.15, 0.2) is 56.4 Å². The molecule has 17 atom stereocenters. The van der Waals surface area contributed by atoms with Gasteiger partial charge in [0.15, 0.2) is 28.2 Å². The number of phosphoric acid groups is 3. The summed E-state index contributed by atoms with van der Waals surface area (Å²) in [6.07, 6.45) is -12.5. The average Bonchev–Trinajstić information content (AvgIpc) is 1.64. The second-order valence-electron chi connectivity index (χ2n) is 22.4. The van der Waals surface area contributed by atoms with Gasteiger partial charge in [-0.25, -0.2) is 33.3 Å². The third-order valence-electron chi connectivity index (χ3n) is 15.4. The van der Waals surface area contributed by atoms with Crippen LogP contribution in [0.1, 0.15) is 50.6 Å². The Balaban J connectivity index is 0.582. The Morgan fingerprint density at radius 1 is 0.505 bits per heavy atom. The van der Waals surface area contributed by atoms with Crippen molar-refractivity contribution < 1.29 is 127 Å². The molecule has 10 rings (SSSR count). The van der Waals surface area contributed by atoms with Crippen LogP contribution in [0, 0.1) is 0 Å². The van der Waals surface area contributed by atoms with Gasteiger partial charge < -0.3 is 105 Å². The Labute approximate surface area is 567 Å². The highest BCUT2D eigenvalue weighted by Gasteiger charge is 2.54. The Morgan fingerprint density at radius 3 is 1.41 bits per heavy atom. The Bertz CT molecular complexity index is 4240. The van der Waals surface area contributed by atoms with E-state index in [2.05, 4.69) is 39.9 Å². The van der Waals surface area contributed by atoms with Crippen LogP contribution in [0.3, 0.4) is 0 Å². The van der Waals surface area contributed by atoms with Crippen LogP contribution in [0.2, 0.25) is 0 Å². The van der Waals surface area contributed by atoms with Gasteiger partial charge in [-0.15, -0.1) is 0 Å². The first kappa shape index (κ1) is 77.3. The van der Waals surface area contributed by atoms with Crippen LogP contribution in [0.4, 0.5) is 23.5 Å². The number of hydrogen-bond acceptors (Lipinski definition) is 37. The standard InChI is InChI=1S/C50H74N16O31P4/c51-33-1-3-63(49(72)57-33)36-18-27(30(21-67)91-36)95-98(74,75)46(71)41-29(20-37(94-41)64-4-2-34(52)58-50(64)73)97-100(78,79)88-16-14-86-12-10-84-8-6-82-5-7-83-9-11-85-13-15-87-99(76,77)89-23-32-28(19-38(93-32)66-25-56-40-43(66)60-48(54)62-45(40)70)96-101(80,81)90-22-31-26(68)17-35(92-31)65-24-55-39-42(65)59-47(53)61-44(39)69/h1-4,24-32,35-38,41,46,67-68,71H,5-23H2,(H,74,75)(H,76,77)(H,78,79)(H,80,81)(H2,51,57,72)(H2,52,58,73)(H3,53,59,61,69)(H3,54,60,62,70)/t26-,27-,28-,29-,30+,31+,32+,35+,36+,37+,38+,41-,46?/m0/s1. The molecule has 4 fully saturated rings. The molecule has 17 N–H and O–H groups in total. The minimum atomic E-state index is -5.30. The van der Waals surface area contributed by atoms with Gasteiger partial charge in [0, 0.05) is 38.1 Å². The number of aliphatic hydroxyl groups is 3. The summed E-state index contributed by atoms with van der Waals surface area (Å²) >= 11 is 0. The molecule has 6 aromatic rings. The van der Waals surface area contributed by atoms with E-state index in [0.29, 0.717) is 0 Å². The number of nitrogens with one attached hydrogen (secondary N) is 2. The molecule has 0 aromatic carbocycles. The van der Waals surface area contributed by atoms with Crippen LogP contribution in [-0.2, 0) is 92.6 Å². The molecule has 101 heavy (non-hydrogen) atoms. The molecule has 6 aromatic heterocycles. The molecule has 0 spiro atoms. The fraction of sp³-hybridized carbons (Fsp3) is 0.640. The summed E-state index contributed by atoms with van der Waals surface area (Å²) < 4.78 is 145. The zero-order valence-corrected chi connectivity index (χ0v) is 56.5. The normalized spacial score (nSPS) is 26.7. The van der Waals surface area contributed by atoms with E-state index in [1.165, 1.54) is 46.3 Å². The SMILES string of the molecule is Nc1ccn([C@H]2C[C@H](OP(=O)(O)OCCOCCOCCOCCOCCOCCOP(=O)(O)OC[C@H]3O[C@@H](n4cnc5c(=O)[nH]c(N)nc54)C[C@@H]3OP(=O)(O)OC[C@H]3O[C@@H](n4cnc5c(=O)[nH]c(N)nc54)C[C@@H]3O)[C@@H](C(O)P(=O)(O)O[C@H]3C[C@H](n4ccc(N)nc4=O)O[C@@H]3CO)O2)c(=O)n1. The van der Waals surface area contributed by atoms with Crippen molar-refractivity contribution >= 4 is 76.9 Å². The van der Waals surface area contributed by atoms with Crippen molar-refractivity contribution in [1.29, 1.82) is 0 Å². The van der Waals surface area contributed by atoms with Crippen LogP contribution in [0.5, 0.6) is 0 Å². The number of ether oxygens (including phenoxy) is 9. The zero-order valence-electron chi connectivity index (χ0n) is 52.9. The van der Waals surface area contributed by atoms with Crippen LogP contribution in [-0.4, -0.2) is 247 Å². The van der Waals surface area contributed by atoms with E-state index >= 15 is 0 Å². The van der Waals surface area contributed by atoms with Gasteiger partial charge in [-0.3, -0.25) is 69.5 Å². The summed E-state index contributed by atoms with van der Waals surface area (Å²) in [5, 5.41) is 32.1. The van der Waals surface area contributed by atoms with Gasteiger partial charge in [0.2, 0.25) is 11.9 Å². The number of nitrogen functional groups attached to an aromatic ring is 4. The first-order valence-corrected chi connectivity index (χ1v) is 36.8. The number of H-pyrrole nitrogens is 2. The number of hydrogen-bond donors (Lipinski definition) is 13. The van der Waals surface area contributed by atoms with Gasteiger partial charge in [0.1, 0.15) is 79.3 Å². The molecular weight excluding hydrogens is 1440 g/mol. The summed E-state index contributed by atoms with van der Waals surface area (Å²) in [5.74, 6) is -3.22. The van der Waals surface area contributed by atoms with E-state index < -0.39 is 173 Å². The first-order chi connectivity index (χ1) is 48.1. The van der Waals surface area contributed by atoms with E-state index in [0.717, 1.165) is 9.13 Å². The molecule has 0 bridgehead atoms. The lowest BCUT2D eigenvalue weighted by Crippen LogP contribution is -2.38. The number of aliphatic hydroxyl groups excluding tert-OH is 3. The number of anilines is 4. The van der Waals surface area contributed by atoms with Gasteiger partial charge in [0.25, 0.3) is 11.1 Å². The molecule has 4 aliphatic rings. The number of aromatic nitrogens is 12. The van der Waals surface area contributed by atoms with Crippen molar-refractivity contribution in [3.8, 4) is 0 Å². The first-order valence-electron chi connectivity index (χ1n) is 30.6. The molecule has 4 saturated heterocycles. The van der Waals surface area contributed by atoms with Crippen LogP contribution in [0.25, 0.3) is 22.3 Å². The second kappa shape index (κ2) is 34.1. The number of nitrogens with two attached hydrogens (primary N) is 4. The Morgan fingerprint density at radius 2 is 0.901 bits per heavy atom. The Kier molecular flexibility index (Phi) is 26.1. The van der Waals surface area contributed by atoms with Gasteiger partial charge >= 0.3 is 42.4 Å². The summed E-state index contributed by atoms with van der Waals surface area (Å²) in [7, 11) is -20.3. The fourth-order valence-corrected chi connectivity index (χ4v) is 14.7. The molecule has 0 saturated carbocycles. The predicted molar refractivity (Wildman–Crippen MR) is 336 cm³/mol. The van der Waals surface area contributed by atoms with Crippen molar-refractivity contribution in [2.45, 2.75) is 105 Å². The molecule has 51 heteroatoms. The second-order valence-corrected chi connectivity index (χ2v) is 28.5. The fourth-order valence-electron chi connectivity index (χ4n) is 10.7. The molecular formula is C50H74N16O31P4. The van der Waals surface area contributed by atoms with Crippen molar-refractivity contribution in [2.24, 2.45) is 0 Å². The van der Waals surface area contributed by atoms with Crippen molar-refractivity contribution in [3.05, 3.63) is 78.9 Å². The number of rotatable bonds is 39. The Hall–Kier alpha value is -6.34. The van der Waals surface area contributed by atoms with Crippen LogP contribution >= 0.6 is 31.1 Å². The third-order valence-corrected chi connectivity index (χ3v) is 20.0. The molecule has 4 aliphatic heterocycles. The molecule has 0 aliphatic carbocycles. The molecule has 10 heterocycles. The van der Waals surface area contributed by atoms with E-state index in [1.54, 1.807) is 0 Å². The maximum Gasteiger partial charge on any atom is 0.472 e. The summed E-state index contributed by atoms with van der Waals surface area (Å²) in [5.41, 5.74) is 19.4. The smallest absolute Gasteiger partial charge is 0.394 e. The number of nitrogens with zero attached hydrogens (tertiary/aromatic N) is 10. The lowest BCUT2D eigenvalue weighted by molar-refractivity contribution is -0.0712. The van der Waals surface area contributed by atoms with E-state index in [1.807, 2.05) is 0 Å². The highest BCUT2D eigenvalue weighted by Crippen LogP contribution is 2.57. The third kappa shape index (κ3) is 20.3. The summed E-state index contributed by atoms with van der Waals surface area (Å²) in [6, 6.07) is 2.53. The highest BCUT2D eigenvalue weighted by atomic mass is 31.2. The largest absolute Gasteiger partial charge is 0.472 e. The van der Waals surface area contributed by atoms with Gasteiger partial charge in [-0.05, 0) is 12.1 Å². The zero-order chi connectivity index (χ0) is 72.4. The van der Waals surface area contributed by atoms with Gasteiger partial charge in [0.05, 0.1) is 118 Å². The predicted octanol–water partition coefficient (Wildman–Crippen LogP) is -3.29. The number of aromatic amines is 2. The molecule has 5 unspecified atom stereocenters. The molecule has 0 amide bonds. The summed E-state index contributed by atoms with van der Waals surface area (Å²) in [4.78, 5) is 121. The number of imidazole rings is 2. The van der Waals surface area contributed by atoms with Crippen molar-refractivity contribution in [3.63, 3.8) is 0 Å². The molecule has 47 nitrogen and oxygen atoms in total. The quantitative estimate of drug-likeness (QED) is 0.0133. The maximum absolute atomic E-state index is 13.7. The van der Waals surface area contributed by atoms with E-state index in [-0.39, 0.29) is 131 Å². The average molecular weight is 1520 g/mol. The molecule has 0 radical (unpaired) electrons.